The summed E-state index contributed by atoms with van der Waals surface area (Å²) in [5, 5.41) is 13.7. The molecular formula is C23H21ClN2O5. The van der Waals surface area contributed by atoms with Crippen molar-refractivity contribution in [3.05, 3.63) is 70.7 Å². The molecule has 1 aliphatic heterocycles. The molecule has 0 saturated heterocycles. The maximum Gasteiger partial charge on any atom is 0.262 e. The van der Waals surface area contributed by atoms with Crippen LogP contribution in [0.1, 0.15) is 22.1 Å². The second-order valence-electron chi connectivity index (χ2n) is 6.86. The van der Waals surface area contributed by atoms with Crippen molar-refractivity contribution in [2.24, 2.45) is 0 Å². The molecule has 3 aromatic carbocycles. The fraction of sp³-hybridized carbons (Fsp3) is 0.174. The Kier molecular flexibility index (Phi) is 5.52. The van der Waals surface area contributed by atoms with Gasteiger partial charge in [-0.05, 0) is 36.4 Å². The van der Waals surface area contributed by atoms with Gasteiger partial charge < -0.3 is 24.6 Å². The number of nitrogens with one attached hydrogen (secondary N) is 1. The van der Waals surface area contributed by atoms with Gasteiger partial charge in [-0.15, -0.1) is 0 Å². The number of phenolic OH excluding ortho intramolecular Hbond substituents is 1. The molecule has 0 saturated carbocycles. The monoisotopic (exact) mass is 440 g/mol. The Labute approximate surface area is 184 Å². The van der Waals surface area contributed by atoms with E-state index in [1.807, 2.05) is 18.2 Å². The van der Waals surface area contributed by atoms with E-state index in [4.69, 9.17) is 25.8 Å². The summed E-state index contributed by atoms with van der Waals surface area (Å²) in [5.74, 6) is 0.896. The molecule has 0 unspecified atom stereocenters. The highest BCUT2D eigenvalue weighted by Gasteiger charge is 2.36. The van der Waals surface area contributed by atoms with Crippen LogP contribution in [0.5, 0.6) is 23.0 Å². The number of methoxy groups -OCH3 is 3. The summed E-state index contributed by atoms with van der Waals surface area (Å²) in [6, 6.07) is 15.7. The van der Waals surface area contributed by atoms with Crippen LogP contribution in [0, 0.1) is 0 Å². The minimum Gasteiger partial charge on any atom is -0.503 e. The molecule has 1 amide bonds. The van der Waals surface area contributed by atoms with E-state index < -0.39 is 6.17 Å². The minimum atomic E-state index is -0.642. The van der Waals surface area contributed by atoms with Gasteiger partial charge in [0.15, 0.2) is 11.5 Å². The summed E-state index contributed by atoms with van der Waals surface area (Å²) in [7, 11) is 4.53. The molecule has 1 atom stereocenters. The van der Waals surface area contributed by atoms with Gasteiger partial charge in [0.05, 0.1) is 37.6 Å². The summed E-state index contributed by atoms with van der Waals surface area (Å²) in [5.41, 5.74) is 2.38. The maximum absolute atomic E-state index is 13.6. The van der Waals surface area contributed by atoms with E-state index in [0.717, 1.165) is 0 Å². The summed E-state index contributed by atoms with van der Waals surface area (Å²) < 4.78 is 16.1. The van der Waals surface area contributed by atoms with E-state index in [1.165, 1.54) is 14.2 Å². The molecule has 0 fully saturated rings. The number of carbonyl (C=O) groups excluding carboxylic acids is 1. The molecule has 31 heavy (non-hydrogen) atoms. The topological polar surface area (TPSA) is 80.3 Å². The van der Waals surface area contributed by atoms with Crippen molar-refractivity contribution in [3.8, 4) is 23.0 Å². The van der Waals surface area contributed by atoms with Gasteiger partial charge in [-0.25, -0.2) is 0 Å². The van der Waals surface area contributed by atoms with Gasteiger partial charge in [-0.3, -0.25) is 9.69 Å². The van der Waals surface area contributed by atoms with Crippen LogP contribution >= 0.6 is 11.6 Å². The normalized spacial score (nSPS) is 15.2. The summed E-state index contributed by atoms with van der Waals surface area (Å²) in [6.45, 7) is 0. The van der Waals surface area contributed by atoms with Gasteiger partial charge in [-0.1, -0.05) is 23.7 Å². The Hall–Kier alpha value is -3.58. The fourth-order valence-electron chi connectivity index (χ4n) is 3.63. The average Bonchev–Trinajstić information content (AvgIpc) is 2.80. The van der Waals surface area contributed by atoms with Gasteiger partial charge in [0, 0.05) is 17.3 Å². The Morgan fingerprint density at radius 3 is 2.42 bits per heavy atom. The van der Waals surface area contributed by atoms with Gasteiger partial charge >= 0.3 is 0 Å². The zero-order valence-corrected chi connectivity index (χ0v) is 17.9. The number of hydrogen-bond acceptors (Lipinski definition) is 6. The number of fused-ring (bicyclic) bond motifs is 1. The molecule has 3 aromatic rings. The number of phenols is 1. The molecule has 1 aliphatic rings. The lowest BCUT2D eigenvalue weighted by molar-refractivity contribution is 0.0974. The molecular weight excluding hydrogens is 420 g/mol. The SMILES string of the molecule is COc1ccc(N2C(=O)c3ccccc3N[C@@H]2c2cc(Cl)c(O)c(OC)c2)c(OC)c1. The van der Waals surface area contributed by atoms with Crippen LogP contribution in [0.4, 0.5) is 11.4 Å². The summed E-state index contributed by atoms with van der Waals surface area (Å²) in [4.78, 5) is 15.2. The van der Waals surface area contributed by atoms with Gasteiger partial charge in [0.1, 0.15) is 17.7 Å². The molecule has 0 bridgehead atoms. The summed E-state index contributed by atoms with van der Waals surface area (Å²) >= 11 is 6.24. The number of nitrogens with zero attached hydrogens (tertiary/aromatic N) is 1. The number of rotatable bonds is 5. The molecule has 0 aliphatic carbocycles. The zero-order chi connectivity index (χ0) is 22.1. The Morgan fingerprint density at radius 2 is 1.71 bits per heavy atom. The van der Waals surface area contributed by atoms with Crippen molar-refractivity contribution in [1.29, 1.82) is 0 Å². The highest BCUT2D eigenvalue weighted by molar-refractivity contribution is 6.32. The largest absolute Gasteiger partial charge is 0.503 e. The van der Waals surface area contributed by atoms with Crippen molar-refractivity contribution in [3.63, 3.8) is 0 Å². The smallest absolute Gasteiger partial charge is 0.262 e. The van der Waals surface area contributed by atoms with Crippen LogP contribution < -0.4 is 24.4 Å². The molecule has 7 nitrogen and oxygen atoms in total. The van der Waals surface area contributed by atoms with Crippen LogP contribution in [0.25, 0.3) is 0 Å². The molecule has 0 spiro atoms. The number of amides is 1. The van der Waals surface area contributed by atoms with Crippen LogP contribution in [0.3, 0.4) is 0 Å². The minimum absolute atomic E-state index is 0.115. The van der Waals surface area contributed by atoms with Crippen molar-refractivity contribution in [1.82, 2.24) is 0 Å². The first-order chi connectivity index (χ1) is 15.0. The van der Waals surface area contributed by atoms with Crippen molar-refractivity contribution in [2.75, 3.05) is 31.5 Å². The lowest BCUT2D eigenvalue weighted by Gasteiger charge is -2.38. The standard InChI is InChI=1S/C23H21ClN2O5/c1-29-14-8-9-18(19(12-14)30-2)26-22(13-10-16(24)21(27)20(11-13)31-3)25-17-7-5-4-6-15(17)23(26)28/h4-12,22,25,27H,1-3H3/t22-/m0/s1. The predicted octanol–water partition coefficient (Wildman–Crippen LogP) is 4.84. The first kappa shape index (κ1) is 20.7. The molecule has 1 heterocycles. The zero-order valence-electron chi connectivity index (χ0n) is 17.2. The van der Waals surface area contributed by atoms with Gasteiger partial charge in [-0.2, -0.15) is 0 Å². The highest BCUT2D eigenvalue weighted by Crippen LogP contribution is 2.44. The number of hydrogen-bond donors (Lipinski definition) is 2. The van der Waals surface area contributed by atoms with Crippen LogP contribution in [-0.2, 0) is 0 Å². The average molecular weight is 441 g/mol. The van der Waals surface area contributed by atoms with E-state index in [2.05, 4.69) is 5.32 Å². The number of anilines is 2. The molecule has 2 N–H and O–H groups in total. The third kappa shape index (κ3) is 3.57. The fourth-order valence-corrected chi connectivity index (χ4v) is 3.85. The molecule has 4 rings (SSSR count). The Balaban J connectivity index is 1.92. The number of ether oxygens (including phenoxy) is 3. The molecule has 160 valence electrons. The lowest BCUT2D eigenvalue weighted by Crippen LogP contribution is -2.43. The van der Waals surface area contributed by atoms with E-state index in [1.54, 1.807) is 48.4 Å². The highest BCUT2D eigenvalue weighted by atomic mass is 35.5. The molecule has 0 radical (unpaired) electrons. The second kappa shape index (κ2) is 8.28. The summed E-state index contributed by atoms with van der Waals surface area (Å²) in [6.07, 6.45) is -0.642. The first-order valence-electron chi connectivity index (χ1n) is 9.46. The number of carbonyl (C=O) groups is 1. The lowest BCUT2D eigenvalue weighted by atomic mass is 10.0. The quantitative estimate of drug-likeness (QED) is 0.590. The number of benzene rings is 3. The maximum atomic E-state index is 13.6. The Morgan fingerprint density at radius 1 is 0.968 bits per heavy atom. The van der Waals surface area contributed by atoms with Crippen LogP contribution in [0.2, 0.25) is 5.02 Å². The Bertz CT molecular complexity index is 1150. The van der Waals surface area contributed by atoms with Crippen molar-refractivity contribution >= 4 is 28.9 Å². The second-order valence-corrected chi connectivity index (χ2v) is 7.27. The van der Waals surface area contributed by atoms with E-state index in [9.17, 15) is 9.90 Å². The molecule has 0 aromatic heterocycles. The number of para-hydroxylation sites is 1. The van der Waals surface area contributed by atoms with Crippen LogP contribution in [-0.4, -0.2) is 32.3 Å². The van der Waals surface area contributed by atoms with Gasteiger partial charge in [0.25, 0.3) is 5.91 Å². The van der Waals surface area contributed by atoms with Gasteiger partial charge in [0.2, 0.25) is 0 Å². The first-order valence-corrected chi connectivity index (χ1v) is 9.83. The van der Waals surface area contributed by atoms with E-state index in [-0.39, 0.29) is 22.4 Å². The van der Waals surface area contributed by atoms with Crippen molar-refractivity contribution in [2.45, 2.75) is 6.17 Å². The molecule has 8 heteroatoms. The third-order valence-corrected chi connectivity index (χ3v) is 5.45. The predicted molar refractivity (Wildman–Crippen MR) is 119 cm³/mol. The number of aromatic hydroxyl groups is 1. The van der Waals surface area contributed by atoms with Crippen LogP contribution in [0.15, 0.2) is 54.6 Å². The van der Waals surface area contributed by atoms with Crippen molar-refractivity contribution < 1.29 is 24.1 Å². The van der Waals surface area contributed by atoms with E-state index in [0.29, 0.717) is 34.0 Å². The van der Waals surface area contributed by atoms with E-state index >= 15 is 0 Å². The number of halogens is 1. The third-order valence-electron chi connectivity index (χ3n) is 5.16.